The molecule has 122 valence electrons. The zero-order chi connectivity index (χ0) is 16.4. The van der Waals surface area contributed by atoms with Gasteiger partial charge < -0.3 is 10.2 Å². The molecule has 3 aromatic rings. The second kappa shape index (κ2) is 6.48. The van der Waals surface area contributed by atoms with Crippen molar-refractivity contribution in [1.82, 2.24) is 24.9 Å². The minimum absolute atomic E-state index is 0.115. The third-order valence-corrected chi connectivity index (χ3v) is 4.82. The van der Waals surface area contributed by atoms with Crippen LogP contribution in [0.3, 0.4) is 0 Å². The summed E-state index contributed by atoms with van der Waals surface area (Å²) in [6.07, 6.45) is 9.05. The van der Waals surface area contributed by atoms with Gasteiger partial charge in [-0.3, -0.25) is 4.98 Å². The first kappa shape index (κ1) is 14.9. The highest BCUT2D eigenvalue weighted by Gasteiger charge is 2.31. The van der Waals surface area contributed by atoms with E-state index in [1.807, 2.05) is 18.4 Å². The number of nitrogens with zero attached hydrogens (tertiary/aromatic N) is 6. The molecule has 8 heteroatoms. The first-order valence-electron chi connectivity index (χ1n) is 7.85. The van der Waals surface area contributed by atoms with Crippen molar-refractivity contribution in [2.24, 2.45) is 0 Å². The maximum Gasteiger partial charge on any atom is 0.225 e. The fourth-order valence-electron chi connectivity index (χ4n) is 2.93. The van der Waals surface area contributed by atoms with E-state index in [1.54, 1.807) is 36.1 Å². The third-order valence-electron chi connectivity index (χ3n) is 3.95. The fourth-order valence-corrected chi connectivity index (χ4v) is 3.62. The monoisotopic (exact) mass is 339 g/mol. The van der Waals surface area contributed by atoms with Gasteiger partial charge in [0.25, 0.3) is 0 Å². The lowest BCUT2D eigenvalue weighted by Gasteiger charge is -2.25. The quantitative estimate of drug-likeness (QED) is 0.782. The number of aryl methyl sites for hydroxylation is 1. The van der Waals surface area contributed by atoms with Crippen molar-refractivity contribution in [1.29, 1.82) is 0 Å². The number of hydrogen-bond donors (Lipinski definition) is 1. The molecular weight excluding hydrogens is 322 g/mol. The standard InChI is InChI=1S/C16H17N7S/c1-11-10-24-16(21-11)22-14-13(17-7-8-18-14)12-4-2-9-23(12)15-19-5-3-6-20-15/h3,5-8,10,12H,2,4,9H2,1H3,(H,18,21,22)/t12-/m0/s1. The van der Waals surface area contributed by atoms with Gasteiger partial charge in [0, 0.05) is 36.7 Å². The van der Waals surface area contributed by atoms with Crippen molar-refractivity contribution < 1.29 is 0 Å². The first-order valence-corrected chi connectivity index (χ1v) is 8.73. The van der Waals surface area contributed by atoms with Gasteiger partial charge in [0.2, 0.25) is 5.95 Å². The molecule has 0 radical (unpaired) electrons. The van der Waals surface area contributed by atoms with E-state index in [-0.39, 0.29) is 6.04 Å². The van der Waals surface area contributed by atoms with Crippen molar-refractivity contribution in [3.63, 3.8) is 0 Å². The molecule has 4 rings (SSSR count). The summed E-state index contributed by atoms with van der Waals surface area (Å²) in [5.41, 5.74) is 1.91. The largest absolute Gasteiger partial charge is 0.332 e. The van der Waals surface area contributed by atoms with Crippen molar-refractivity contribution in [3.8, 4) is 0 Å². The van der Waals surface area contributed by atoms with Gasteiger partial charge in [-0.1, -0.05) is 0 Å². The number of anilines is 3. The first-order chi connectivity index (χ1) is 11.8. The molecule has 0 aliphatic carbocycles. The number of thiazole rings is 1. The molecule has 0 unspecified atom stereocenters. The lowest BCUT2D eigenvalue weighted by molar-refractivity contribution is 0.677. The van der Waals surface area contributed by atoms with Gasteiger partial charge in [-0.05, 0) is 25.8 Å². The van der Waals surface area contributed by atoms with E-state index in [4.69, 9.17) is 0 Å². The highest BCUT2D eigenvalue weighted by molar-refractivity contribution is 7.13. The Morgan fingerprint density at radius 1 is 1.12 bits per heavy atom. The molecule has 24 heavy (non-hydrogen) atoms. The van der Waals surface area contributed by atoms with Gasteiger partial charge in [0.1, 0.15) is 5.69 Å². The van der Waals surface area contributed by atoms with Crippen molar-refractivity contribution in [3.05, 3.63) is 47.6 Å². The maximum absolute atomic E-state index is 4.59. The molecule has 1 saturated heterocycles. The normalized spacial score (nSPS) is 17.2. The molecule has 3 aromatic heterocycles. The zero-order valence-corrected chi connectivity index (χ0v) is 14.1. The Kier molecular flexibility index (Phi) is 4.04. The Morgan fingerprint density at radius 2 is 1.96 bits per heavy atom. The Labute approximate surface area is 143 Å². The second-order valence-electron chi connectivity index (χ2n) is 5.61. The number of hydrogen-bond acceptors (Lipinski definition) is 8. The Bertz CT molecular complexity index is 820. The van der Waals surface area contributed by atoms with E-state index in [0.717, 1.165) is 47.7 Å². The van der Waals surface area contributed by atoms with E-state index >= 15 is 0 Å². The third kappa shape index (κ3) is 2.92. The van der Waals surface area contributed by atoms with Crippen LogP contribution in [-0.2, 0) is 0 Å². The maximum atomic E-state index is 4.59. The smallest absolute Gasteiger partial charge is 0.225 e. The van der Waals surface area contributed by atoms with Crippen LogP contribution in [-0.4, -0.2) is 31.5 Å². The average molecular weight is 339 g/mol. The molecular formula is C16H17N7S. The Morgan fingerprint density at radius 3 is 2.75 bits per heavy atom. The molecule has 1 aliphatic heterocycles. The van der Waals surface area contributed by atoms with Crippen LogP contribution in [0.1, 0.15) is 30.3 Å². The lowest BCUT2D eigenvalue weighted by atomic mass is 10.1. The minimum atomic E-state index is 0.115. The summed E-state index contributed by atoms with van der Waals surface area (Å²) < 4.78 is 0. The van der Waals surface area contributed by atoms with Gasteiger partial charge in [0.15, 0.2) is 10.9 Å². The molecule has 0 saturated carbocycles. The summed E-state index contributed by atoms with van der Waals surface area (Å²) in [5, 5.41) is 6.15. The van der Waals surface area contributed by atoms with E-state index in [2.05, 4.69) is 35.1 Å². The van der Waals surface area contributed by atoms with Crippen molar-refractivity contribution in [2.45, 2.75) is 25.8 Å². The molecule has 0 amide bonds. The average Bonchev–Trinajstić information content (AvgIpc) is 3.25. The molecule has 1 fully saturated rings. The summed E-state index contributed by atoms with van der Waals surface area (Å²) in [4.78, 5) is 24.5. The van der Waals surface area contributed by atoms with Crippen LogP contribution in [0.5, 0.6) is 0 Å². The predicted octanol–water partition coefficient (Wildman–Crippen LogP) is 3.12. The molecule has 1 aliphatic rings. The highest BCUT2D eigenvalue weighted by atomic mass is 32.1. The second-order valence-corrected chi connectivity index (χ2v) is 6.47. The summed E-state index contributed by atoms with van der Waals surface area (Å²) in [6, 6.07) is 1.94. The molecule has 0 spiro atoms. The minimum Gasteiger partial charge on any atom is -0.332 e. The van der Waals surface area contributed by atoms with E-state index in [9.17, 15) is 0 Å². The van der Waals surface area contributed by atoms with Crippen molar-refractivity contribution >= 4 is 28.2 Å². The summed E-state index contributed by atoms with van der Waals surface area (Å²) in [7, 11) is 0. The van der Waals surface area contributed by atoms with Gasteiger partial charge in [-0.2, -0.15) is 0 Å². The topological polar surface area (TPSA) is 79.7 Å². The number of aromatic nitrogens is 5. The molecule has 0 bridgehead atoms. The van der Waals surface area contributed by atoms with Gasteiger partial charge in [-0.15, -0.1) is 11.3 Å². The van der Waals surface area contributed by atoms with Crippen LogP contribution >= 0.6 is 11.3 Å². The fraction of sp³-hybridized carbons (Fsp3) is 0.312. The van der Waals surface area contributed by atoms with Crippen LogP contribution < -0.4 is 10.2 Å². The number of rotatable bonds is 4. The molecule has 4 heterocycles. The zero-order valence-electron chi connectivity index (χ0n) is 13.3. The SMILES string of the molecule is Cc1csc(Nc2nccnc2[C@@H]2CCCN2c2ncccn2)n1. The number of nitrogens with one attached hydrogen (secondary N) is 1. The molecule has 1 atom stereocenters. The lowest BCUT2D eigenvalue weighted by Crippen LogP contribution is -2.26. The van der Waals surface area contributed by atoms with Gasteiger partial charge in [-0.25, -0.2) is 19.9 Å². The van der Waals surface area contributed by atoms with Gasteiger partial charge >= 0.3 is 0 Å². The van der Waals surface area contributed by atoms with Crippen LogP contribution in [0.4, 0.5) is 16.9 Å². The van der Waals surface area contributed by atoms with E-state index < -0.39 is 0 Å². The molecule has 1 N–H and O–H groups in total. The highest BCUT2D eigenvalue weighted by Crippen LogP contribution is 2.36. The van der Waals surface area contributed by atoms with Crippen molar-refractivity contribution in [2.75, 3.05) is 16.8 Å². The Hall–Kier alpha value is -2.61. The molecule has 0 aromatic carbocycles. The Balaban J connectivity index is 1.66. The van der Waals surface area contributed by atoms with Crippen LogP contribution in [0.2, 0.25) is 0 Å². The summed E-state index contributed by atoms with van der Waals surface area (Å²) >= 11 is 1.56. The molecule has 7 nitrogen and oxygen atoms in total. The van der Waals surface area contributed by atoms with Gasteiger partial charge in [0.05, 0.1) is 11.7 Å². The summed E-state index contributed by atoms with van der Waals surface area (Å²) in [5.74, 6) is 1.49. The van der Waals surface area contributed by atoms with Crippen LogP contribution in [0.25, 0.3) is 0 Å². The predicted molar refractivity (Wildman–Crippen MR) is 93.5 cm³/mol. The van der Waals surface area contributed by atoms with Crippen LogP contribution in [0.15, 0.2) is 36.2 Å². The van der Waals surface area contributed by atoms with E-state index in [0.29, 0.717) is 0 Å². The van der Waals surface area contributed by atoms with Crippen LogP contribution in [0, 0.1) is 6.92 Å². The summed E-state index contributed by atoms with van der Waals surface area (Å²) in [6.45, 7) is 2.89. The van der Waals surface area contributed by atoms with E-state index in [1.165, 1.54) is 0 Å².